The Balaban J connectivity index is 2.27. The van der Waals surface area contributed by atoms with Gasteiger partial charge in [0, 0.05) is 18.2 Å². The molecule has 1 amide bonds. The molecular formula is C23H34N2O3. The topological polar surface area (TPSA) is 60.5 Å². The minimum Gasteiger partial charge on any atom is -0.491 e. The summed E-state index contributed by atoms with van der Waals surface area (Å²) in [6, 6.07) is 7.58. The highest BCUT2D eigenvalue weighted by Gasteiger charge is 2.33. The number of unbranched alkanes of at least 4 members (excludes halogenated alkanes) is 2. The van der Waals surface area contributed by atoms with E-state index in [1.54, 1.807) is 6.20 Å². The van der Waals surface area contributed by atoms with Gasteiger partial charge >= 0.3 is 0 Å². The highest BCUT2D eigenvalue weighted by atomic mass is 16.5. The molecular weight excluding hydrogens is 352 g/mol. The van der Waals surface area contributed by atoms with Gasteiger partial charge < -0.3 is 14.8 Å². The molecule has 2 rings (SSSR count). The molecule has 1 atom stereocenters. The molecule has 154 valence electrons. The Morgan fingerprint density at radius 2 is 2.00 bits per heavy atom. The molecule has 5 nitrogen and oxygen atoms in total. The van der Waals surface area contributed by atoms with E-state index < -0.39 is 5.60 Å². The van der Waals surface area contributed by atoms with Gasteiger partial charge in [0.2, 0.25) is 0 Å². The molecule has 28 heavy (non-hydrogen) atoms. The van der Waals surface area contributed by atoms with Gasteiger partial charge in [-0.05, 0) is 50.5 Å². The van der Waals surface area contributed by atoms with E-state index in [-0.39, 0.29) is 5.91 Å². The minimum atomic E-state index is -0.842. The van der Waals surface area contributed by atoms with Crippen LogP contribution in [0.2, 0.25) is 0 Å². The molecule has 1 N–H and O–H groups in total. The fourth-order valence-corrected chi connectivity index (χ4v) is 3.17. The summed E-state index contributed by atoms with van der Waals surface area (Å²) >= 11 is 0. The summed E-state index contributed by atoms with van der Waals surface area (Å²) in [5, 5.41) is 3.94. The van der Waals surface area contributed by atoms with Crippen molar-refractivity contribution in [1.29, 1.82) is 0 Å². The minimum absolute atomic E-state index is 0.119. The van der Waals surface area contributed by atoms with Crippen LogP contribution in [-0.2, 0) is 9.53 Å². The Morgan fingerprint density at radius 3 is 2.68 bits per heavy atom. The molecule has 0 fully saturated rings. The van der Waals surface area contributed by atoms with E-state index >= 15 is 0 Å². The number of carbonyl (C=O) groups is 1. The summed E-state index contributed by atoms with van der Waals surface area (Å²) in [6.07, 6.45) is 5.60. The molecule has 1 heterocycles. The van der Waals surface area contributed by atoms with Crippen LogP contribution in [0, 0.1) is 5.92 Å². The molecule has 1 aromatic heterocycles. The maximum Gasteiger partial charge on any atom is 0.256 e. The Hall–Kier alpha value is -2.14. The first-order valence-electron chi connectivity index (χ1n) is 10.4. The van der Waals surface area contributed by atoms with Crippen LogP contribution in [0.3, 0.4) is 0 Å². The average molecular weight is 387 g/mol. The Morgan fingerprint density at radius 1 is 1.21 bits per heavy atom. The lowest BCUT2D eigenvalue weighted by Crippen LogP contribution is -2.42. The molecule has 2 aromatic rings. The zero-order chi connectivity index (χ0) is 20.6. The van der Waals surface area contributed by atoms with Crippen molar-refractivity contribution in [3.63, 3.8) is 0 Å². The van der Waals surface area contributed by atoms with Crippen molar-refractivity contribution >= 4 is 22.5 Å². The number of pyridine rings is 1. The van der Waals surface area contributed by atoms with Gasteiger partial charge in [-0.3, -0.25) is 9.78 Å². The van der Waals surface area contributed by atoms with Gasteiger partial charge in [-0.1, -0.05) is 40.0 Å². The number of nitrogens with one attached hydrogen (secondary N) is 1. The van der Waals surface area contributed by atoms with Crippen LogP contribution < -0.4 is 10.1 Å². The number of anilines is 1. The predicted molar refractivity (Wildman–Crippen MR) is 115 cm³/mol. The molecule has 0 saturated carbocycles. The molecule has 0 aliphatic carbocycles. The number of carbonyl (C=O) groups excluding carboxylic acids is 1. The van der Waals surface area contributed by atoms with Crippen molar-refractivity contribution in [3.8, 4) is 5.75 Å². The summed E-state index contributed by atoms with van der Waals surface area (Å²) in [7, 11) is 0. The molecule has 0 aliphatic heterocycles. The third-order valence-electron chi connectivity index (χ3n) is 4.75. The van der Waals surface area contributed by atoms with Gasteiger partial charge in [-0.2, -0.15) is 0 Å². The molecule has 0 spiro atoms. The number of rotatable bonds is 11. The van der Waals surface area contributed by atoms with E-state index in [0.29, 0.717) is 25.6 Å². The van der Waals surface area contributed by atoms with Crippen molar-refractivity contribution in [2.45, 2.75) is 65.9 Å². The molecule has 0 saturated heterocycles. The molecule has 0 bridgehead atoms. The van der Waals surface area contributed by atoms with E-state index in [9.17, 15) is 4.79 Å². The maximum absolute atomic E-state index is 13.1. The lowest BCUT2D eigenvalue weighted by atomic mass is 9.96. The average Bonchev–Trinajstić information content (AvgIpc) is 2.67. The summed E-state index contributed by atoms with van der Waals surface area (Å²) in [5.41, 5.74) is 0.641. The number of nitrogens with zero attached hydrogens (tertiary/aromatic N) is 1. The first-order valence-corrected chi connectivity index (χ1v) is 10.4. The standard InChI is InChI=1S/C23H34N2O3/c1-6-8-9-14-23(5,28-7-2)22(26)25-19-12-13-20(27-16-17(3)4)21-18(19)11-10-15-24-21/h10-13,15,17H,6-9,14,16H2,1-5H3,(H,25,26). The highest BCUT2D eigenvalue weighted by Crippen LogP contribution is 2.31. The number of amides is 1. The number of hydrogen-bond donors (Lipinski definition) is 1. The third-order valence-corrected chi connectivity index (χ3v) is 4.75. The summed E-state index contributed by atoms with van der Waals surface area (Å²) in [4.78, 5) is 17.6. The van der Waals surface area contributed by atoms with Gasteiger partial charge in [0.05, 0.1) is 12.3 Å². The lowest BCUT2D eigenvalue weighted by Gasteiger charge is -2.28. The molecule has 5 heteroatoms. The van der Waals surface area contributed by atoms with Crippen molar-refractivity contribution in [1.82, 2.24) is 4.98 Å². The second kappa shape index (κ2) is 10.4. The Bertz CT molecular complexity index is 776. The first-order chi connectivity index (χ1) is 13.4. The highest BCUT2D eigenvalue weighted by molar-refractivity contribution is 6.05. The van der Waals surface area contributed by atoms with Gasteiger partial charge in [0.25, 0.3) is 5.91 Å². The van der Waals surface area contributed by atoms with Crippen LogP contribution in [0.1, 0.15) is 60.3 Å². The first kappa shape index (κ1) is 22.2. The van der Waals surface area contributed by atoms with Crippen molar-refractivity contribution < 1.29 is 14.3 Å². The largest absolute Gasteiger partial charge is 0.491 e. The van der Waals surface area contributed by atoms with Crippen molar-refractivity contribution in [2.24, 2.45) is 5.92 Å². The van der Waals surface area contributed by atoms with Crippen LogP contribution in [0.4, 0.5) is 5.69 Å². The third kappa shape index (κ3) is 5.68. The maximum atomic E-state index is 13.1. The van der Waals surface area contributed by atoms with Crippen LogP contribution >= 0.6 is 0 Å². The smallest absolute Gasteiger partial charge is 0.256 e. The summed E-state index contributed by atoms with van der Waals surface area (Å²) in [6.45, 7) is 11.3. The molecule has 0 aliphatic rings. The van der Waals surface area contributed by atoms with E-state index in [2.05, 4.69) is 31.1 Å². The summed E-state index contributed by atoms with van der Waals surface area (Å²) in [5.74, 6) is 1.04. The fraction of sp³-hybridized carbons (Fsp3) is 0.565. The van der Waals surface area contributed by atoms with Crippen LogP contribution in [-0.4, -0.2) is 29.7 Å². The molecule has 1 unspecified atom stereocenters. The van der Waals surface area contributed by atoms with E-state index in [4.69, 9.17) is 9.47 Å². The number of ether oxygens (including phenoxy) is 2. The second-order valence-corrected chi connectivity index (χ2v) is 7.79. The second-order valence-electron chi connectivity index (χ2n) is 7.79. The predicted octanol–water partition coefficient (Wildman–Crippen LogP) is 5.58. The van der Waals surface area contributed by atoms with E-state index in [1.165, 1.54) is 0 Å². The van der Waals surface area contributed by atoms with E-state index in [0.717, 1.165) is 41.6 Å². The number of benzene rings is 1. The van der Waals surface area contributed by atoms with Gasteiger partial charge in [-0.15, -0.1) is 0 Å². The van der Waals surface area contributed by atoms with Crippen LogP contribution in [0.15, 0.2) is 30.5 Å². The lowest BCUT2D eigenvalue weighted by molar-refractivity contribution is -0.139. The van der Waals surface area contributed by atoms with Gasteiger partial charge in [-0.25, -0.2) is 0 Å². The number of aromatic nitrogens is 1. The van der Waals surface area contributed by atoms with Gasteiger partial charge in [0.15, 0.2) is 0 Å². The van der Waals surface area contributed by atoms with Crippen molar-refractivity contribution in [2.75, 3.05) is 18.5 Å². The normalized spacial score (nSPS) is 13.5. The van der Waals surface area contributed by atoms with Crippen LogP contribution in [0.25, 0.3) is 10.9 Å². The molecule has 1 aromatic carbocycles. The Labute approximate surface area is 168 Å². The Kier molecular flexibility index (Phi) is 8.24. The number of hydrogen-bond acceptors (Lipinski definition) is 4. The SMILES string of the molecule is CCCCCC(C)(OCC)C(=O)Nc1ccc(OCC(C)C)c2ncccc12. The summed E-state index contributed by atoms with van der Waals surface area (Å²) < 4.78 is 11.8. The fourth-order valence-electron chi connectivity index (χ4n) is 3.17. The van der Waals surface area contributed by atoms with Crippen molar-refractivity contribution in [3.05, 3.63) is 30.5 Å². The van der Waals surface area contributed by atoms with E-state index in [1.807, 2.05) is 38.1 Å². The van der Waals surface area contributed by atoms with Gasteiger partial charge in [0.1, 0.15) is 16.9 Å². The zero-order valence-electron chi connectivity index (χ0n) is 17.9. The van der Waals surface area contributed by atoms with Crippen LogP contribution in [0.5, 0.6) is 5.75 Å². The number of fused-ring (bicyclic) bond motifs is 1. The molecule has 0 radical (unpaired) electrons. The zero-order valence-corrected chi connectivity index (χ0v) is 17.9. The monoisotopic (exact) mass is 386 g/mol. The quantitative estimate of drug-likeness (QED) is 0.512.